The Balaban J connectivity index is 1.93. The number of rotatable bonds is 3. The highest BCUT2D eigenvalue weighted by Crippen LogP contribution is 2.43. The van der Waals surface area contributed by atoms with Crippen molar-refractivity contribution in [3.8, 4) is 0 Å². The van der Waals surface area contributed by atoms with Crippen LogP contribution >= 0.6 is 0 Å². The minimum atomic E-state index is 0.418. The van der Waals surface area contributed by atoms with E-state index in [0.29, 0.717) is 11.5 Å². The normalized spacial score (nSPS) is 24.6. The predicted molar refractivity (Wildman–Crippen MR) is 60.0 cm³/mol. The molecule has 3 heteroatoms. The average Bonchev–Trinajstić information content (AvgIpc) is 2.50. The van der Waals surface area contributed by atoms with Crippen molar-refractivity contribution < 1.29 is 0 Å². The molecule has 3 rings (SSSR count). The standard InChI is InChI=1S/C12H19N3/c1-2-12(4-3-5-12)15-9-14-8-11(15)10-6-13-7-10/h8-10,13H,2-7H2,1H3. The number of imidazole rings is 1. The van der Waals surface area contributed by atoms with E-state index in [1.54, 1.807) is 0 Å². The van der Waals surface area contributed by atoms with Crippen LogP contribution in [0.1, 0.15) is 44.2 Å². The van der Waals surface area contributed by atoms with Gasteiger partial charge in [0, 0.05) is 36.4 Å². The molecule has 3 nitrogen and oxygen atoms in total. The van der Waals surface area contributed by atoms with E-state index in [9.17, 15) is 0 Å². The summed E-state index contributed by atoms with van der Waals surface area (Å²) >= 11 is 0. The smallest absolute Gasteiger partial charge is 0.0953 e. The first kappa shape index (κ1) is 9.40. The molecular weight excluding hydrogens is 186 g/mol. The maximum Gasteiger partial charge on any atom is 0.0953 e. The van der Waals surface area contributed by atoms with Gasteiger partial charge in [0.25, 0.3) is 0 Å². The third-order valence-electron chi connectivity index (χ3n) is 4.32. The summed E-state index contributed by atoms with van der Waals surface area (Å²) in [6.45, 7) is 4.57. The maximum atomic E-state index is 4.36. The van der Waals surface area contributed by atoms with Crippen LogP contribution in [0.15, 0.2) is 12.5 Å². The van der Waals surface area contributed by atoms with E-state index >= 15 is 0 Å². The van der Waals surface area contributed by atoms with Crippen molar-refractivity contribution in [3.05, 3.63) is 18.2 Å². The predicted octanol–water partition coefficient (Wildman–Crippen LogP) is 1.86. The van der Waals surface area contributed by atoms with E-state index in [2.05, 4.69) is 34.3 Å². The van der Waals surface area contributed by atoms with Crippen LogP contribution in [0.2, 0.25) is 0 Å². The van der Waals surface area contributed by atoms with Crippen LogP contribution in [-0.2, 0) is 5.54 Å². The number of nitrogens with zero attached hydrogens (tertiary/aromatic N) is 2. The molecule has 1 aromatic rings. The van der Waals surface area contributed by atoms with Crippen LogP contribution < -0.4 is 5.32 Å². The van der Waals surface area contributed by atoms with Crippen LogP contribution in [0.25, 0.3) is 0 Å². The Labute approximate surface area is 90.9 Å². The van der Waals surface area contributed by atoms with Gasteiger partial charge >= 0.3 is 0 Å². The van der Waals surface area contributed by atoms with Crippen molar-refractivity contribution in [3.63, 3.8) is 0 Å². The maximum absolute atomic E-state index is 4.36. The van der Waals surface area contributed by atoms with Gasteiger partial charge in [-0.3, -0.25) is 0 Å². The Morgan fingerprint density at radius 2 is 2.33 bits per heavy atom. The highest BCUT2D eigenvalue weighted by atomic mass is 15.1. The van der Waals surface area contributed by atoms with Crippen molar-refractivity contribution in [2.45, 2.75) is 44.1 Å². The Morgan fingerprint density at radius 3 is 2.80 bits per heavy atom. The third kappa shape index (κ3) is 1.26. The lowest BCUT2D eigenvalue weighted by atomic mass is 9.74. The highest BCUT2D eigenvalue weighted by molar-refractivity contribution is 5.15. The van der Waals surface area contributed by atoms with Crippen molar-refractivity contribution in [1.82, 2.24) is 14.9 Å². The molecule has 0 bridgehead atoms. The Kier molecular flexibility index (Phi) is 2.09. The molecule has 0 spiro atoms. The van der Waals surface area contributed by atoms with E-state index < -0.39 is 0 Å². The molecular formula is C12H19N3. The minimum Gasteiger partial charge on any atom is -0.328 e. The van der Waals surface area contributed by atoms with Crippen molar-refractivity contribution in [1.29, 1.82) is 0 Å². The molecule has 2 heterocycles. The van der Waals surface area contributed by atoms with Gasteiger partial charge in [-0.2, -0.15) is 0 Å². The Morgan fingerprint density at radius 1 is 1.53 bits per heavy atom. The topological polar surface area (TPSA) is 29.9 Å². The number of nitrogens with one attached hydrogen (secondary N) is 1. The summed E-state index contributed by atoms with van der Waals surface area (Å²) in [5.74, 6) is 0.705. The van der Waals surface area contributed by atoms with Gasteiger partial charge in [0.2, 0.25) is 0 Å². The van der Waals surface area contributed by atoms with E-state index in [4.69, 9.17) is 0 Å². The molecule has 0 unspecified atom stereocenters. The van der Waals surface area contributed by atoms with Gasteiger partial charge in [-0.05, 0) is 25.7 Å². The molecule has 1 saturated carbocycles. The summed E-state index contributed by atoms with van der Waals surface area (Å²) in [6.07, 6.45) is 9.43. The van der Waals surface area contributed by atoms with Crippen LogP contribution in [0.4, 0.5) is 0 Å². The van der Waals surface area contributed by atoms with E-state index in [1.807, 2.05) is 0 Å². The molecule has 1 saturated heterocycles. The summed E-state index contributed by atoms with van der Waals surface area (Å²) < 4.78 is 2.47. The summed E-state index contributed by atoms with van der Waals surface area (Å²) in [4.78, 5) is 4.36. The molecule has 0 atom stereocenters. The fourth-order valence-corrected chi connectivity index (χ4v) is 2.85. The molecule has 0 amide bonds. The molecule has 2 fully saturated rings. The summed E-state index contributed by atoms with van der Waals surface area (Å²) in [5, 5.41) is 3.34. The quantitative estimate of drug-likeness (QED) is 0.816. The summed E-state index contributed by atoms with van der Waals surface area (Å²) in [7, 11) is 0. The molecule has 0 aromatic carbocycles. The molecule has 1 aromatic heterocycles. The number of hydrogen-bond donors (Lipinski definition) is 1. The van der Waals surface area contributed by atoms with Crippen molar-refractivity contribution in [2.75, 3.05) is 13.1 Å². The van der Waals surface area contributed by atoms with Crippen LogP contribution in [0.3, 0.4) is 0 Å². The molecule has 1 aliphatic heterocycles. The first-order valence-electron chi connectivity index (χ1n) is 6.09. The summed E-state index contributed by atoms with van der Waals surface area (Å²) in [5.41, 5.74) is 1.87. The van der Waals surface area contributed by atoms with Gasteiger partial charge in [0.15, 0.2) is 0 Å². The zero-order valence-corrected chi connectivity index (χ0v) is 9.37. The lowest BCUT2D eigenvalue weighted by Crippen LogP contribution is -2.45. The fourth-order valence-electron chi connectivity index (χ4n) is 2.85. The van der Waals surface area contributed by atoms with Gasteiger partial charge in [0.1, 0.15) is 0 Å². The highest BCUT2D eigenvalue weighted by Gasteiger charge is 2.39. The SMILES string of the molecule is CCC1(n2cncc2C2CNC2)CCC1. The first-order valence-corrected chi connectivity index (χ1v) is 6.09. The lowest BCUT2D eigenvalue weighted by molar-refractivity contribution is 0.128. The van der Waals surface area contributed by atoms with Gasteiger partial charge < -0.3 is 9.88 Å². The van der Waals surface area contributed by atoms with Crippen LogP contribution in [0, 0.1) is 0 Å². The van der Waals surface area contributed by atoms with Crippen LogP contribution in [0.5, 0.6) is 0 Å². The second-order valence-corrected chi connectivity index (χ2v) is 4.98. The minimum absolute atomic E-state index is 0.418. The van der Waals surface area contributed by atoms with Crippen LogP contribution in [-0.4, -0.2) is 22.6 Å². The monoisotopic (exact) mass is 205 g/mol. The molecule has 82 valence electrons. The first-order chi connectivity index (χ1) is 7.36. The zero-order valence-electron chi connectivity index (χ0n) is 9.37. The largest absolute Gasteiger partial charge is 0.328 e. The molecule has 1 N–H and O–H groups in total. The van der Waals surface area contributed by atoms with Gasteiger partial charge in [-0.1, -0.05) is 6.92 Å². The second-order valence-electron chi connectivity index (χ2n) is 4.98. The fraction of sp³-hybridized carbons (Fsp3) is 0.750. The van der Waals surface area contributed by atoms with E-state index in [-0.39, 0.29) is 0 Å². The zero-order chi connectivity index (χ0) is 10.3. The number of aromatic nitrogens is 2. The van der Waals surface area contributed by atoms with Gasteiger partial charge in [-0.25, -0.2) is 4.98 Å². The third-order valence-corrected chi connectivity index (χ3v) is 4.32. The molecule has 0 radical (unpaired) electrons. The van der Waals surface area contributed by atoms with Crippen molar-refractivity contribution >= 4 is 0 Å². The average molecular weight is 205 g/mol. The van der Waals surface area contributed by atoms with E-state index in [0.717, 1.165) is 13.1 Å². The second kappa shape index (κ2) is 3.34. The Bertz CT molecular complexity index is 342. The number of hydrogen-bond acceptors (Lipinski definition) is 2. The Hall–Kier alpha value is -0.830. The van der Waals surface area contributed by atoms with Gasteiger partial charge in [0.05, 0.1) is 6.33 Å². The van der Waals surface area contributed by atoms with Gasteiger partial charge in [-0.15, -0.1) is 0 Å². The molecule has 1 aliphatic carbocycles. The molecule has 2 aliphatic rings. The van der Waals surface area contributed by atoms with Crippen molar-refractivity contribution in [2.24, 2.45) is 0 Å². The molecule has 15 heavy (non-hydrogen) atoms. The van der Waals surface area contributed by atoms with E-state index in [1.165, 1.54) is 31.4 Å². The lowest BCUT2D eigenvalue weighted by Gasteiger charge is -2.45. The summed E-state index contributed by atoms with van der Waals surface area (Å²) in [6, 6.07) is 0.